The predicted molar refractivity (Wildman–Crippen MR) is 132 cm³/mol. The van der Waals surface area contributed by atoms with Crippen molar-refractivity contribution in [2.75, 3.05) is 10.5 Å². The monoisotopic (exact) mass is 496 g/mol. The number of nitrogens with zero attached hydrogens (tertiary/aromatic N) is 5. The maximum Gasteiger partial charge on any atom is 0.435 e. The van der Waals surface area contributed by atoms with Crippen molar-refractivity contribution in [1.29, 1.82) is 10.5 Å². The molecule has 2 heterocycles. The van der Waals surface area contributed by atoms with Gasteiger partial charge in [-0.05, 0) is 58.7 Å². The van der Waals surface area contributed by atoms with E-state index in [2.05, 4.69) is 27.0 Å². The molecular weight excluding hydrogens is 468 g/mol. The van der Waals surface area contributed by atoms with Crippen LogP contribution in [0.3, 0.4) is 0 Å². The van der Waals surface area contributed by atoms with E-state index in [4.69, 9.17) is 4.74 Å². The number of hydrogen-bond acceptors (Lipinski definition) is 8. The molecule has 0 amide bonds. The number of nitriles is 2. The van der Waals surface area contributed by atoms with Gasteiger partial charge in [-0.3, -0.25) is 9.71 Å². The largest absolute Gasteiger partial charge is 0.442 e. The van der Waals surface area contributed by atoms with Gasteiger partial charge < -0.3 is 4.74 Å². The fourth-order valence-corrected chi connectivity index (χ4v) is 5.11. The van der Waals surface area contributed by atoms with Crippen LogP contribution in [0, 0.1) is 28.6 Å². The molecule has 1 aliphatic heterocycles. The minimum Gasteiger partial charge on any atom is -0.442 e. The quantitative estimate of drug-likeness (QED) is 0.641. The van der Waals surface area contributed by atoms with Crippen molar-refractivity contribution < 1.29 is 17.9 Å². The van der Waals surface area contributed by atoms with Gasteiger partial charge in [0.2, 0.25) is 10.0 Å². The molecule has 10 nitrogen and oxygen atoms in total. The van der Waals surface area contributed by atoms with Crippen molar-refractivity contribution in [2.45, 2.75) is 59.5 Å². The maximum atomic E-state index is 12.8. The predicted octanol–water partition coefficient (Wildman–Crippen LogP) is 4.47. The molecule has 1 aromatic heterocycles. The fourth-order valence-electron chi connectivity index (χ4n) is 4.02. The lowest BCUT2D eigenvalue weighted by Crippen LogP contribution is -2.28. The Morgan fingerprint density at radius 1 is 1.26 bits per heavy atom. The zero-order valence-corrected chi connectivity index (χ0v) is 21.4. The normalized spacial score (nSPS) is 18.6. The van der Waals surface area contributed by atoms with Crippen molar-refractivity contribution in [3.05, 3.63) is 35.0 Å². The Hall–Kier alpha value is -3.70. The summed E-state index contributed by atoms with van der Waals surface area (Å²) in [6.07, 6.45) is -0.369. The zero-order chi connectivity index (χ0) is 26.1. The molecule has 2 aromatic rings. The van der Waals surface area contributed by atoms with Crippen LogP contribution >= 0.6 is 0 Å². The second-order valence-electron chi connectivity index (χ2n) is 9.39. The highest BCUT2D eigenvalue weighted by Crippen LogP contribution is 2.40. The second-order valence-corrected chi connectivity index (χ2v) is 11.2. The smallest absolute Gasteiger partial charge is 0.435 e. The first-order valence-corrected chi connectivity index (χ1v) is 12.8. The van der Waals surface area contributed by atoms with Gasteiger partial charge in [-0.2, -0.15) is 15.2 Å². The zero-order valence-electron chi connectivity index (χ0n) is 20.6. The van der Waals surface area contributed by atoms with E-state index >= 15 is 0 Å². The summed E-state index contributed by atoms with van der Waals surface area (Å²) in [6.45, 7) is 10.3. The molecule has 11 heteroatoms. The molecule has 0 saturated carbocycles. The Morgan fingerprint density at radius 2 is 1.94 bits per heavy atom. The van der Waals surface area contributed by atoms with Crippen LogP contribution in [-0.4, -0.2) is 41.4 Å². The molecule has 0 radical (unpaired) electrons. The Balaban J connectivity index is 2.23. The third-order valence-corrected chi connectivity index (χ3v) is 6.89. The third kappa shape index (κ3) is 5.36. The van der Waals surface area contributed by atoms with E-state index in [1.54, 1.807) is 59.7 Å². The topological polar surface area (TPSA) is 150 Å². The molecule has 35 heavy (non-hydrogen) atoms. The summed E-state index contributed by atoms with van der Waals surface area (Å²) in [6, 6.07) is 9.37. The maximum absolute atomic E-state index is 12.8. The van der Waals surface area contributed by atoms with Crippen LogP contribution < -0.4 is 4.72 Å². The molecule has 0 spiro atoms. The van der Waals surface area contributed by atoms with Gasteiger partial charge in [0, 0.05) is 17.0 Å². The standard InChI is InChI=1S/C24H28N6O4S/c1-7-10-35(32,33)29-22-17-11-16(21-18(12-25)14(2)27-15(3)19(21)13-26)8-9-20(17)30(28-22)23(31)34-24(4,5)6/h8-9,11,18,21H,7,10H2,1-6H3,(H,28,29). The number of nitrogens with one attached hydrogen (secondary N) is 1. The van der Waals surface area contributed by atoms with Crippen molar-refractivity contribution in [3.8, 4) is 12.1 Å². The lowest BCUT2D eigenvalue weighted by atomic mass is 9.76. The molecule has 0 fully saturated rings. The van der Waals surface area contributed by atoms with E-state index in [9.17, 15) is 23.7 Å². The number of anilines is 1. The number of carbonyl (C=O) groups excluding carboxylic acids is 1. The van der Waals surface area contributed by atoms with E-state index < -0.39 is 33.6 Å². The summed E-state index contributed by atoms with van der Waals surface area (Å²) >= 11 is 0. The number of fused-ring (bicyclic) bond motifs is 1. The average molecular weight is 497 g/mol. The van der Waals surface area contributed by atoms with Crippen LogP contribution in [0.2, 0.25) is 0 Å². The van der Waals surface area contributed by atoms with Crippen molar-refractivity contribution >= 4 is 38.5 Å². The fraction of sp³-hybridized carbons (Fsp3) is 0.458. The minimum atomic E-state index is -3.72. The third-order valence-electron chi connectivity index (χ3n) is 5.44. The Kier molecular flexibility index (Phi) is 7.04. The van der Waals surface area contributed by atoms with E-state index in [0.29, 0.717) is 39.9 Å². The number of allylic oxidation sites excluding steroid dienone is 2. The van der Waals surface area contributed by atoms with E-state index in [0.717, 1.165) is 4.68 Å². The van der Waals surface area contributed by atoms with Crippen LogP contribution in [0.4, 0.5) is 10.6 Å². The number of ether oxygens (including phenoxy) is 1. The Bertz CT molecular complexity index is 1430. The number of rotatable bonds is 5. The highest BCUT2D eigenvalue weighted by Gasteiger charge is 2.34. The SMILES string of the molecule is CCCS(=O)(=O)Nc1nn(C(=O)OC(C)(C)C)c2ccc(C3C(C#N)=C(C)N=C(C)C3C#N)cc12. The molecule has 0 aliphatic carbocycles. The summed E-state index contributed by atoms with van der Waals surface area (Å²) < 4.78 is 34.0. The van der Waals surface area contributed by atoms with Crippen LogP contribution in [0.5, 0.6) is 0 Å². The van der Waals surface area contributed by atoms with Crippen LogP contribution in [0.25, 0.3) is 10.9 Å². The van der Waals surface area contributed by atoms with E-state index in [1.807, 2.05) is 0 Å². The lowest BCUT2D eigenvalue weighted by molar-refractivity contribution is 0.0523. The van der Waals surface area contributed by atoms with Crippen LogP contribution in [0.1, 0.15) is 59.4 Å². The second kappa shape index (κ2) is 9.51. The number of sulfonamides is 1. The summed E-state index contributed by atoms with van der Waals surface area (Å²) in [4.78, 5) is 17.2. The highest BCUT2D eigenvalue weighted by molar-refractivity contribution is 7.92. The summed E-state index contributed by atoms with van der Waals surface area (Å²) in [5.41, 5.74) is 1.60. The van der Waals surface area contributed by atoms with Crippen LogP contribution in [-0.2, 0) is 14.8 Å². The van der Waals surface area contributed by atoms with E-state index in [1.165, 1.54) is 0 Å². The van der Waals surface area contributed by atoms with Gasteiger partial charge in [0.05, 0.1) is 40.6 Å². The van der Waals surface area contributed by atoms with Gasteiger partial charge in [-0.1, -0.05) is 13.0 Å². The molecule has 2 atom stereocenters. The summed E-state index contributed by atoms with van der Waals surface area (Å²) in [5.74, 6) is -1.43. The highest BCUT2D eigenvalue weighted by atomic mass is 32.2. The average Bonchev–Trinajstić information content (AvgIpc) is 3.09. The van der Waals surface area contributed by atoms with Gasteiger partial charge in [0.1, 0.15) is 5.60 Å². The molecule has 184 valence electrons. The first kappa shape index (κ1) is 25.9. The minimum absolute atomic E-state index is 0.0323. The summed E-state index contributed by atoms with van der Waals surface area (Å²) in [5, 5.41) is 24.2. The van der Waals surface area contributed by atoms with Crippen molar-refractivity contribution in [2.24, 2.45) is 10.9 Å². The molecule has 0 saturated heterocycles. The molecule has 2 unspecified atom stereocenters. The number of aliphatic imine (C=N–C) groups is 1. The van der Waals surface area contributed by atoms with Gasteiger partial charge in [-0.15, -0.1) is 5.10 Å². The number of aromatic nitrogens is 2. The number of carbonyl (C=O) groups is 1. The van der Waals surface area contributed by atoms with Gasteiger partial charge >= 0.3 is 6.09 Å². The first-order chi connectivity index (χ1) is 16.3. The van der Waals surface area contributed by atoms with Crippen molar-refractivity contribution in [3.63, 3.8) is 0 Å². The molecule has 0 bridgehead atoms. The number of hydrogen-bond donors (Lipinski definition) is 1. The lowest BCUT2D eigenvalue weighted by Gasteiger charge is -2.26. The van der Waals surface area contributed by atoms with Gasteiger partial charge in [0.25, 0.3) is 0 Å². The molecule has 1 N–H and O–H groups in total. The molecule has 3 rings (SSSR count). The molecular formula is C24H28N6O4S. The number of benzene rings is 1. The Morgan fingerprint density at radius 3 is 2.51 bits per heavy atom. The molecule has 1 aliphatic rings. The van der Waals surface area contributed by atoms with Gasteiger partial charge in [0.15, 0.2) is 5.82 Å². The van der Waals surface area contributed by atoms with Gasteiger partial charge in [-0.25, -0.2) is 13.2 Å². The first-order valence-electron chi connectivity index (χ1n) is 11.1. The van der Waals surface area contributed by atoms with Crippen molar-refractivity contribution in [1.82, 2.24) is 9.78 Å². The summed E-state index contributed by atoms with van der Waals surface area (Å²) in [7, 11) is -3.72. The molecule has 1 aromatic carbocycles. The van der Waals surface area contributed by atoms with E-state index in [-0.39, 0.29) is 11.6 Å². The Labute approximate surface area is 204 Å². The van der Waals surface area contributed by atoms with Crippen LogP contribution in [0.15, 0.2) is 34.5 Å².